The molecule has 0 aromatic heterocycles. The van der Waals surface area contributed by atoms with Crippen LogP contribution in [0.2, 0.25) is 0 Å². The van der Waals surface area contributed by atoms with Crippen molar-refractivity contribution >= 4 is 40.7 Å². The summed E-state index contributed by atoms with van der Waals surface area (Å²) in [6.07, 6.45) is 0. The van der Waals surface area contributed by atoms with Crippen LogP contribution >= 0.6 is 21.4 Å². The summed E-state index contributed by atoms with van der Waals surface area (Å²) >= 11 is 0. The largest absolute Gasteiger partial charge is 0.492 e. The predicted molar refractivity (Wildman–Crippen MR) is 84.9 cm³/mol. The Morgan fingerprint density at radius 1 is 1.38 bits per heavy atom. The molecule has 0 N–H and O–H groups in total. The second-order valence-electron chi connectivity index (χ2n) is 4.94. The minimum atomic E-state index is -3.47. The van der Waals surface area contributed by atoms with Crippen molar-refractivity contribution < 1.29 is 21.5 Å². The third-order valence-electron chi connectivity index (χ3n) is 2.85. The van der Waals surface area contributed by atoms with Crippen LogP contribution in [0, 0.1) is 0 Å². The highest BCUT2D eigenvalue weighted by Crippen LogP contribution is 2.40. The zero-order valence-electron chi connectivity index (χ0n) is 11.8. The van der Waals surface area contributed by atoms with Crippen molar-refractivity contribution in [2.45, 2.75) is 26.2 Å². The molecule has 2 rings (SSSR count). The molecule has 0 saturated heterocycles. The summed E-state index contributed by atoms with van der Waals surface area (Å²) < 4.78 is 42.3. The second-order valence-corrected chi connectivity index (χ2v) is 9.33. The van der Waals surface area contributed by atoms with Crippen molar-refractivity contribution in [1.82, 2.24) is 0 Å². The van der Waals surface area contributed by atoms with E-state index >= 15 is 0 Å². The van der Waals surface area contributed by atoms with Gasteiger partial charge in [-0.05, 0) is 25.1 Å². The summed E-state index contributed by atoms with van der Waals surface area (Å²) in [6.45, 7) is 6.26. The molecule has 0 saturated carbocycles. The van der Waals surface area contributed by atoms with Crippen molar-refractivity contribution in [2.75, 3.05) is 12.4 Å². The van der Waals surface area contributed by atoms with E-state index in [0.717, 1.165) is 11.3 Å². The molecule has 9 heteroatoms. The Bertz CT molecular complexity index is 625. The monoisotopic (exact) mass is 374 g/mol. The van der Waals surface area contributed by atoms with E-state index in [-0.39, 0.29) is 11.2 Å². The fourth-order valence-corrected chi connectivity index (χ4v) is 2.27. The summed E-state index contributed by atoms with van der Waals surface area (Å²) in [5.74, 6) is 1.12. The number of hydrogen-bond donors (Lipinski definition) is 0. The zero-order chi connectivity index (χ0) is 16.3. The fraction of sp³-hybridized carbons (Fsp3) is 0.500. The molecule has 0 aliphatic carbocycles. The summed E-state index contributed by atoms with van der Waals surface area (Å²) in [5, 5.41) is 0. The Morgan fingerprint density at radius 3 is 2.48 bits per heavy atom. The van der Waals surface area contributed by atoms with Crippen molar-refractivity contribution in [1.29, 1.82) is 0 Å². The quantitative estimate of drug-likeness (QED) is 0.600. The minimum Gasteiger partial charge on any atom is -0.492 e. The van der Waals surface area contributed by atoms with Crippen LogP contribution in [0.3, 0.4) is 0 Å². The van der Waals surface area contributed by atoms with E-state index in [1.165, 1.54) is 0 Å². The number of halogens is 2. The molecule has 21 heavy (non-hydrogen) atoms. The maximum absolute atomic E-state index is 11.4. The Kier molecular flexibility index (Phi) is 6.34. The molecule has 0 atom stereocenters. The topological polar surface area (TPSA) is 69.7 Å². The number of benzene rings is 1. The van der Waals surface area contributed by atoms with Crippen LogP contribution < -0.4 is 8.92 Å². The predicted octanol–water partition coefficient (Wildman–Crippen LogP) is 3.13. The first-order chi connectivity index (χ1) is 9.57. The van der Waals surface area contributed by atoms with Crippen LogP contribution in [0.25, 0.3) is 0 Å². The van der Waals surface area contributed by atoms with Crippen molar-refractivity contribution in [3.05, 3.63) is 23.8 Å². The number of fused-ring (bicyclic) bond motifs is 1. The number of hydrogen-bond acceptors (Lipinski definition) is 5. The lowest BCUT2D eigenvalue weighted by Gasteiger charge is -2.15. The van der Waals surface area contributed by atoms with Gasteiger partial charge in [0, 0.05) is 32.3 Å². The molecule has 0 radical (unpaired) electrons. The molecule has 5 nitrogen and oxygen atoms in total. The lowest BCUT2D eigenvalue weighted by molar-refractivity contribution is 0.291. The maximum atomic E-state index is 11.4. The van der Waals surface area contributed by atoms with Crippen molar-refractivity contribution in [3.63, 3.8) is 0 Å². The van der Waals surface area contributed by atoms with Gasteiger partial charge in [-0.25, -0.2) is 4.21 Å². The van der Waals surface area contributed by atoms with Crippen molar-refractivity contribution in [3.8, 4) is 11.5 Å². The molecule has 1 aliphatic heterocycles. The molecule has 0 amide bonds. The third-order valence-corrected chi connectivity index (χ3v) is 4.00. The number of ether oxygens (including phenoxy) is 1. The smallest absolute Gasteiger partial charge is 0.308 e. The van der Waals surface area contributed by atoms with Gasteiger partial charge in [-0.2, -0.15) is 8.42 Å². The molecule has 1 aromatic rings. The average Bonchev–Trinajstić information content (AvgIpc) is 2.64. The van der Waals surface area contributed by atoms with Crippen LogP contribution in [0.4, 0.5) is 0 Å². The standard InChI is InChI=1S/C12H16O4S.Cl2OS/c1-4-17(13,14)16-9-5-6-11-10(7-9)12(2,3)8-15-11;1-4(2)3/h5-7H,4,8H2,1-3H3;. The average molecular weight is 375 g/mol. The van der Waals surface area contributed by atoms with E-state index in [0.29, 0.717) is 12.4 Å². The molecule has 0 spiro atoms. The van der Waals surface area contributed by atoms with Gasteiger partial charge in [0.05, 0.1) is 12.4 Å². The molecule has 1 aromatic carbocycles. The van der Waals surface area contributed by atoms with Gasteiger partial charge in [-0.1, -0.05) is 13.8 Å². The van der Waals surface area contributed by atoms with Crippen LogP contribution in [-0.4, -0.2) is 25.0 Å². The Morgan fingerprint density at radius 2 is 1.95 bits per heavy atom. The lowest BCUT2D eigenvalue weighted by atomic mass is 9.87. The van der Waals surface area contributed by atoms with Crippen LogP contribution in [0.5, 0.6) is 11.5 Å². The fourth-order valence-electron chi connectivity index (χ4n) is 1.76. The van der Waals surface area contributed by atoms with E-state index in [4.69, 9.17) is 13.1 Å². The van der Waals surface area contributed by atoms with E-state index in [9.17, 15) is 8.42 Å². The van der Waals surface area contributed by atoms with E-state index in [2.05, 4.69) is 35.2 Å². The first-order valence-corrected chi connectivity index (χ1v) is 10.4. The van der Waals surface area contributed by atoms with E-state index < -0.39 is 19.3 Å². The molecule has 120 valence electrons. The number of rotatable bonds is 3. The minimum absolute atomic E-state index is 0.0377. The molecule has 1 heterocycles. The Labute approximate surface area is 136 Å². The van der Waals surface area contributed by atoms with Crippen LogP contribution in [0.1, 0.15) is 26.3 Å². The van der Waals surface area contributed by atoms with E-state index in [1.807, 2.05) is 0 Å². The van der Waals surface area contributed by atoms with Crippen molar-refractivity contribution in [2.24, 2.45) is 0 Å². The Hall–Kier alpha value is -0.500. The highest BCUT2D eigenvalue weighted by molar-refractivity contribution is 8.26. The first-order valence-electron chi connectivity index (χ1n) is 6.01. The summed E-state index contributed by atoms with van der Waals surface area (Å²) in [4.78, 5) is 0. The highest BCUT2D eigenvalue weighted by Gasteiger charge is 2.32. The molecule has 0 unspecified atom stereocenters. The summed E-state index contributed by atoms with van der Waals surface area (Å²) in [7, 11) is 3.89. The second kappa shape index (κ2) is 7.17. The van der Waals surface area contributed by atoms with Gasteiger partial charge in [0.25, 0.3) is 0 Å². The molecular weight excluding hydrogens is 359 g/mol. The first kappa shape index (κ1) is 18.5. The molecule has 0 fully saturated rings. The Balaban J connectivity index is 0.000000491. The van der Waals surface area contributed by atoms with Gasteiger partial charge in [0.2, 0.25) is 9.23 Å². The van der Waals surface area contributed by atoms with Gasteiger partial charge in [-0.15, -0.1) is 0 Å². The van der Waals surface area contributed by atoms with Gasteiger partial charge < -0.3 is 8.92 Å². The van der Waals surface area contributed by atoms with Gasteiger partial charge in [0.15, 0.2) is 0 Å². The molecule has 0 bridgehead atoms. The van der Waals surface area contributed by atoms with Gasteiger partial charge in [0.1, 0.15) is 11.5 Å². The molecule has 1 aliphatic rings. The normalized spacial score (nSPS) is 15.7. The summed E-state index contributed by atoms with van der Waals surface area (Å²) in [6, 6.07) is 5.12. The maximum Gasteiger partial charge on any atom is 0.308 e. The van der Waals surface area contributed by atoms with Gasteiger partial charge >= 0.3 is 10.1 Å². The molecular formula is C12H16Cl2O5S2. The van der Waals surface area contributed by atoms with E-state index in [1.54, 1.807) is 25.1 Å². The summed E-state index contributed by atoms with van der Waals surface area (Å²) in [5.41, 5.74) is 0.881. The zero-order valence-corrected chi connectivity index (χ0v) is 14.9. The highest BCUT2D eigenvalue weighted by atomic mass is 36.0. The van der Waals surface area contributed by atoms with Crippen LogP contribution in [0.15, 0.2) is 18.2 Å². The van der Waals surface area contributed by atoms with Crippen LogP contribution in [-0.2, 0) is 24.8 Å². The lowest BCUT2D eigenvalue weighted by Crippen LogP contribution is -2.18. The van der Waals surface area contributed by atoms with Gasteiger partial charge in [-0.3, -0.25) is 0 Å². The SMILES string of the molecule is CCS(=O)(=O)Oc1ccc2c(c1)C(C)(C)CO2.O=S(Cl)Cl. The third kappa shape index (κ3) is 5.65.